The number of benzene rings is 2. The van der Waals surface area contributed by atoms with E-state index in [4.69, 9.17) is 9.47 Å². The van der Waals surface area contributed by atoms with E-state index in [-0.39, 0.29) is 5.69 Å². The molecule has 0 saturated heterocycles. The number of nitrogens with zero attached hydrogens (tertiary/aromatic N) is 1. The number of aromatic nitrogens is 2. The number of aromatic amines is 2. The lowest BCUT2D eigenvalue weighted by molar-refractivity contribution is 0.0592. The number of methoxy groups -OCH3 is 2. The summed E-state index contributed by atoms with van der Waals surface area (Å²) in [6, 6.07) is 9.96. The van der Waals surface area contributed by atoms with Crippen molar-refractivity contribution in [2.45, 2.75) is 0 Å². The molecule has 4 rings (SSSR count). The normalized spacial score (nSPS) is 10.9. The van der Waals surface area contributed by atoms with E-state index in [2.05, 4.69) is 15.1 Å². The predicted molar refractivity (Wildman–Crippen MR) is 104 cm³/mol. The van der Waals surface area contributed by atoms with E-state index in [0.29, 0.717) is 33.3 Å². The Bertz CT molecular complexity index is 1250. The summed E-state index contributed by atoms with van der Waals surface area (Å²) < 4.78 is 9.51. The first kappa shape index (κ1) is 17.5. The number of ether oxygens (including phenoxy) is 2. The molecule has 2 N–H and O–H groups in total. The van der Waals surface area contributed by atoms with Gasteiger partial charge in [-0.1, -0.05) is 0 Å². The molecule has 0 fully saturated rings. The molecule has 0 aliphatic heterocycles. The molecule has 0 unspecified atom stereocenters. The maximum Gasteiger partial charge on any atom is 0.337 e. The zero-order valence-corrected chi connectivity index (χ0v) is 15.0. The average Bonchev–Trinajstić information content (AvgIpc) is 3.31. The number of hydrogen-bond donors (Lipinski definition) is 2. The topological polar surface area (TPSA) is 114 Å². The number of esters is 2. The number of carbonyl (C=O) groups excluding carboxylic acids is 2. The summed E-state index contributed by atoms with van der Waals surface area (Å²) in [6.45, 7) is 0. The molecule has 0 radical (unpaired) electrons. The van der Waals surface area contributed by atoms with Crippen molar-refractivity contribution < 1.29 is 19.1 Å². The number of nitroso groups, excluding NO2 is 1. The lowest BCUT2D eigenvalue weighted by Crippen LogP contribution is -2.00. The molecule has 140 valence electrons. The number of H-pyrrole nitrogens is 2. The second kappa shape index (κ2) is 6.66. The molecule has 0 saturated carbocycles. The summed E-state index contributed by atoms with van der Waals surface area (Å²) in [5, 5.41) is 4.42. The van der Waals surface area contributed by atoms with E-state index in [1.807, 2.05) is 0 Å². The summed E-state index contributed by atoms with van der Waals surface area (Å²) >= 11 is 0. The molecule has 0 amide bonds. The van der Waals surface area contributed by atoms with Crippen LogP contribution in [0.1, 0.15) is 20.7 Å². The van der Waals surface area contributed by atoms with Gasteiger partial charge in [0, 0.05) is 33.6 Å². The van der Waals surface area contributed by atoms with E-state index >= 15 is 0 Å². The molecule has 2 aromatic carbocycles. The molecule has 0 bridgehead atoms. The van der Waals surface area contributed by atoms with E-state index < -0.39 is 11.9 Å². The molecule has 2 heterocycles. The molecule has 0 spiro atoms. The molecule has 2 aromatic heterocycles. The van der Waals surface area contributed by atoms with Crippen molar-refractivity contribution in [1.82, 2.24) is 9.97 Å². The molecule has 0 atom stereocenters. The number of nitrogens with one attached hydrogen (secondary N) is 2. The fourth-order valence-electron chi connectivity index (χ4n) is 3.28. The van der Waals surface area contributed by atoms with Gasteiger partial charge in [-0.15, -0.1) is 4.91 Å². The summed E-state index contributed by atoms with van der Waals surface area (Å²) in [5.74, 6) is -0.960. The van der Waals surface area contributed by atoms with E-state index in [0.717, 1.165) is 10.9 Å². The van der Waals surface area contributed by atoms with Crippen molar-refractivity contribution in [2.24, 2.45) is 5.18 Å². The van der Waals surface area contributed by atoms with Gasteiger partial charge in [0.15, 0.2) is 0 Å². The molecular formula is C20H15N3O5. The first-order chi connectivity index (χ1) is 13.6. The van der Waals surface area contributed by atoms with Crippen LogP contribution in [-0.4, -0.2) is 36.1 Å². The van der Waals surface area contributed by atoms with Crippen LogP contribution < -0.4 is 0 Å². The highest BCUT2D eigenvalue weighted by Crippen LogP contribution is 2.40. The fraction of sp³-hybridized carbons (Fsp3) is 0.100. The minimum atomic E-state index is -0.503. The Hall–Kier alpha value is -3.94. The van der Waals surface area contributed by atoms with Crippen LogP contribution in [0.15, 0.2) is 47.8 Å². The van der Waals surface area contributed by atoms with Crippen molar-refractivity contribution in [2.75, 3.05) is 14.2 Å². The summed E-state index contributed by atoms with van der Waals surface area (Å²) in [5.41, 5.74) is 3.47. The molecular weight excluding hydrogens is 362 g/mol. The van der Waals surface area contributed by atoms with Crippen LogP contribution >= 0.6 is 0 Å². The summed E-state index contributed by atoms with van der Waals surface area (Å²) in [4.78, 5) is 41.6. The average molecular weight is 377 g/mol. The van der Waals surface area contributed by atoms with Gasteiger partial charge in [0.05, 0.1) is 31.0 Å². The lowest BCUT2D eigenvalue weighted by atomic mass is 10.1. The van der Waals surface area contributed by atoms with E-state index in [1.54, 1.807) is 42.6 Å². The van der Waals surface area contributed by atoms with E-state index in [9.17, 15) is 14.5 Å². The molecule has 0 aliphatic carbocycles. The summed E-state index contributed by atoms with van der Waals surface area (Å²) in [6.07, 6.45) is 1.73. The highest BCUT2D eigenvalue weighted by atomic mass is 16.5. The van der Waals surface area contributed by atoms with Gasteiger partial charge in [0.2, 0.25) is 0 Å². The van der Waals surface area contributed by atoms with Gasteiger partial charge in [0.25, 0.3) is 0 Å². The highest BCUT2D eigenvalue weighted by Gasteiger charge is 2.19. The monoisotopic (exact) mass is 377 g/mol. The summed E-state index contributed by atoms with van der Waals surface area (Å²) in [7, 11) is 2.61. The Morgan fingerprint density at radius 3 is 2.11 bits per heavy atom. The lowest BCUT2D eigenvalue weighted by Gasteiger charge is -2.01. The highest BCUT2D eigenvalue weighted by molar-refractivity contribution is 6.08. The van der Waals surface area contributed by atoms with Crippen LogP contribution in [-0.2, 0) is 9.47 Å². The molecule has 8 heteroatoms. The van der Waals surface area contributed by atoms with Gasteiger partial charge in [-0.3, -0.25) is 0 Å². The number of rotatable bonds is 4. The Kier molecular flexibility index (Phi) is 4.15. The Labute approximate surface area is 158 Å². The maximum absolute atomic E-state index is 11.9. The Morgan fingerprint density at radius 1 is 0.893 bits per heavy atom. The largest absolute Gasteiger partial charge is 0.465 e. The van der Waals surface area contributed by atoms with E-state index in [1.165, 1.54) is 14.2 Å². The van der Waals surface area contributed by atoms with Crippen LogP contribution in [0.2, 0.25) is 0 Å². The van der Waals surface area contributed by atoms with Crippen LogP contribution in [0.3, 0.4) is 0 Å². The van der Waals surface area contributed by atoms with Crippen LogP contribution in [0, 0.1) is 4.91 Å². The quantitative estimate of drug-likeness (QED) is 0.407. The van der Waals surface area contributed by atoms with Gasteiger partial charge < -0.3 is 19.4 Å². The zero-order chi connectivity index (χ0) is 19.8. The van der Waals surface area contributed by atoms with Crippen molar-refractivity contribution in [3.63, 3.8) is 0 Å². The standard InChI is InChI=1S/C20H15N3O5/c1-27-19(24)10-3-5-15-12(7-10)14(9-21-15)17-18(23-26)13-8-11(20(25)28-2)4-6-16(13)22-17/h3-9,21-22H,1-2H3. The van der Waals surface area contributed by atoms with Gasteiger partial charge in [-0.05, 0) is 41.6 Å². The molecule has 0 aliphatic rings. The van der Waals surface area contributed by atoms with Crippen molar-refractivity contribution >= 4 is 39.4 Å². The zero-order valence-electron chi connectivity index (χ0n) is 15.0. The van der Waals surface area contributed by atoms with Gasteiger partial charge in [-0.2, -0.15) is 0 Å². The van der Waals surface area contributed by atoms with Crippen LogP contribution in [0.5, 0.6) is 0 Å². The second-order valence-corrected chi connectivity index (χ2v) is 6.15. The Morgan fingerprint density at radius 2 is 1.50 bits per heavy atom. The molecule has 4 aromatic rings. The predicted octanol–water partition coefficient (Wildman–Crippen LogP) is 4.29. The molecule has 8 nitrogen and oxygen atoms in total. The Balaban J connectivity index is 1.95. The van der Waals surface area contributed by atoms with Crippen LogP contribution in [0.4, 0.5) is 5.69 Å². The first-order valence-corrected chi connectivity index (χ1v) is 8.34. The third kappa shape index (κ3) is 2.62. The molecule has 28 heavy (non-hydrogen) atoms. The fourth-order valence-corrected chi connectivity index (χ4v) is 3.28. The minimum Gasteiger partial charge on any atom is -0.465 e. The van der Waals surface area contributed by atoms with Crippen molar-refractivity contribution in [3.8, 4) is 11.3 Å². The van der Waals surface area contributed by atoms with Crippen molar-refractivity contribution in [1.29, 1.82) is 0 Å². The number of fused-ring (bicyclic) bond motifs is 2. The minimum absolute atomic E-state index is 0.171. The smallest absolute Gasteiger partial charge is 0.337 e. The van der Waals surface area contributed by atoms with Gasteiger partial charge in [-0.25, -0.2) is 9.59 Å². The first-order valence-electron chi connectivity index (χ1n) is 8.34. The maximum atomic E-state index is 11.9. The van der Waals surface area contributed by atoms with Gasteiger partial charge in [0.1, 0.15) is 5.69 Å². The third-order valence-electron chi connectivity index (χ3n) is 4.66. The second-order valence-electron chi connectivity index (χ2n) is 6.15. The third-order valence-corrected chi connectivity index (χ3v) is 4.66. The van der Waals surface area contributed by atoms with Gasteiger partial charge >= 0.3 is 11.9 Å². The number of hydrogen-bond acceptors (Lipinski definition) is 6. The van der Waals surface area contributed by atoms with Crippen LogP contribution in [0.25, 0.3) is 33.1 Å². The number of carbonyl (C=O) groups is 2. The SMILES string of the molecule is COC(=O)c1ccc2[nH]cc(-c3[nH]c4ccc(C(=O)OC)cc4c3N=O)c2c1. The van der Waals surface area contributed by atoms with Crippen molar-refractivity contribution in [3.05, 3.63) is 58.6 Å².